The SMILES string of the molecule is CCCn1ncc(Br)c1C(C)C(C)NCCOC. The van der Waals surface area contributed by atoms with E-state index >= 15 is 0 Å². The normalized spacial score (nSPS) is 14.7. The number of nitrogens with one attached hydrogen (secondary N) is 1. The van der Waals surface area contributed by atoms with Gasteiger partial charge in [-0.3, -0.25) is 4.68 Å². The molecule has 1 aromatic heterocycles. The van der Waals surface area contributed by atoms with Gasteiger partial charge in [-0.2, -0.15) is 5.10 Å². The number of hydrogen-bond acceptors (Lipinski definition) is 3. The van der Waals surface area contributed by atoms with Crippen molar-refractivity contribution in [1.82, 2.24) is 15.1 Å². The lowest BCUT2D eigenvalue weighted by molar-refractivity contribution is 0.195. The lowest BCUT2D eigenvalue weighted by Gasteiger charge is -2.23. The molecule has 0 aliphatic heterocycles. The first-order valence-electron chi connectivity index (χ1n) is 6.55. The van der Waals surface area contributed by atoms with Crippen molar-refractivity contribution in [3.63, 3.8) is 0 Å². The Kier molecular flexibility index (Phi) is 6.89. The Labute approximate surface area is 118 Å². The van der Waals surface area contributed by atoms with Crippen LogP contribution in [-0.2, 0) is 11.3 Å². The molecule has 0 aromatic carbocycles. The van der Waals surface area contributed by atoms with E-state index in [-0.39, 0.29) is 0 Å². The van der Waals surface area contributed by atoms with Crippen LogP contribution in [0.5, 0.6) is 0 Å². The third-order valence-electron chi connectivity index (χ3n) is 3.22. The molecule has 1 N–H and O–H groups in total. The molecule has 1 heterocycles. The first kappa shape index (κ1) is 15.7. The topological polar surface area (TPSA) is 39.1 Å². The molecule has 2 unspecified atom stereocenters. The molecule has 0 radical (unpaired) electrons. The fourth-order valence-corrected chi connectivity index (χ4v) is 2.67. The van der Waals surface area contributed by atoms with Crippen molar-refractivity contribution in [2.24, 2.45) is 0 Å². The molecule has 5 heteroatoms. The number of ether oxygens (including phenoxy) is 1. The summed E-state index contributed by atoms with van der Waals surface area (Å²) in [6.45, 7) is 9.20. The third kappa shape index (κ3) is 4.07. The number of hydrogen-bond donors (Lipinski definition) is 1. The van der Waals surface area contributed by atoms with Gasteiger partial charge in [0.25, 0.3) is 0 Å². The zero-order valence-corrected chi connectivity index (χ0v) is 13.3. The van der Waals surface area contributed by atoms with E-state index in [1.165, 1.54) is 5.69 Å². The van der Waals surface area contributed by atoms with E-state index < -0.39 is 0 Å². The van der Waals surface area contributed by atoms with Crippen molar-refractivity contribution in [3.8, 4) is 0 Å². The quantitative estimate of drug-likeness (QED) is 0.749. The van der Waals surface area contributed by atoms with Crippen molar-refractivity contribution in [1.29, 1.82) is 0 Å². The van der Waals surface area contributed by atoms with Gasteiger partial charge in [0.1, 0.15) is 0 Å². The number of nitrogens with zero attached hydrogens (tertiary/aromatic N) is 2. The smallest absolute Gasteiger partial charge is 0.0635 e. The summed E-state index contributed by atoms with van der Waals surface area (Å²) in [4.78, 5) is 0. The van der Waals surface area contributed by atoms with Crippen molar-refractivity contribution in [2.75, 3.05) is 20.3 Å². The molecule has 0 aliphatic carbocycles. The van der Waals surface area contributed by atoms with E-state index in [1.807, 2.05) is 6.20 Å². The second-order valence-electron chi connectivity index (χ2n) is 4.63. The van der Waals surface area contributed by atoms with Gasteiger partial charge in [0.05, 0.1) is 23.0 Å². The molecular weight excluding hydrogens is 294 g/mol. The third-order valence-corrected chi connectivity index (χ3v) is 3.83. The van der Waals surface area contributed by atoms with Crippen LogP contribution in [0.2, 0.25) is 0 Å². The highest BCUT2D eigenvalue weighted by Crippen LogP contribution is 2.27. The molecule has 2 atom stereocenters. The molecule has 0 spiro atoms. The van der Waals surface area contributed by atoms with Gasteiger partial charge < -0.3 is 10.1 Å². The number of aromatic nitrogens is 2. The Balaban J connectivity index is 2.69. The molecule has 104 valence electrons. The minimum absolute atomic E-state index is 0.392. The summed E-state index contributed by atoms with van der Waals surface area (Å²) < 4.78 is 8.26. The standard InChI is InChI=1S/C13H24BrN3O/c1-5-7-17-13(12(14)9-16-17)10(2)11(3)15-6-8-18-4/h9-11,15H,5-8H2,1-4H3. The van der Waals surface area contributed by atoms with Crippen LogP contribution in [0.4, 0.5) is 0 Å². The number of aryl methyl sites for hydroxylation is 1. The second kappa shape index (κ2) is 7.92. The van der Waals surface area contributed by atoms with E-state index in [0.717, 1.165) is 30.6 Å². The first-order chi connectivity index (χ1) is 8.61. The molecule has 1 aromatic rings. The molecule has 0 fully saturated rings. The largest absolute Gasteiger partial charge is 0.383 e. The molecular formula is C13H24BrN3O. The zero-order valence-electron chi connectivity index (χ0n) is 11.7. The summed E-state index contributed by atoms with van der Waals surface area (Å²) in [5, 5.41) is 7.90. The van der Waals surface area contributed by atoms with Crippen LogP contribution in [-0.4, -0.2) is 36.1 Å². The lowest BCUT2D eigenvalue weighted by Crippen LogP contribution is -2.34. The van der Waals surface area contributed by atoms with Crippen molar-refractivity contribution in [2.45, 2.75) is 45.7 Å². The summed E-state index contributed by atoms with van der Waals surface area (Å²) in [5.41, 5.74) is 1.27. The summed E-state index contributed by atoms with van der Waals surface area (Å²) >= 11 is 3.60. The van der Waals surface area contributed by atoms with Gasteiger partial charge in [0.15, 0.2) is 0 Å². The Morgan fingerprint density at radius 3 is 2.83 bits per heavy atom. The molecule has 0 saturated heterocycles. The minimum Gasteiger partial charge on any atom is -0.383 e. The first-order valence-corrected chi connectivity index (χ1v) is 7.34. The Bertz CT molecular complexity index is 354. The summed E-state index contributed by atoms with van der Waals surface area (Å²) in [5.74, 6) is 0.408. The predicted molar refractivity (Wildman–Crippen MR) is 78.0 cm³/mol. The molecule has 1 rings (SSSR count). The lowest BCUT2D eigenvalue weighted by atomic mass is 9.99. The van der Waals surface area contributed by atoms with E-state index in [4.69, 9.17) is 4.74 Å². The van der Waals surface area contributed by atoms with Crippen molar-refractivity contribution in [3.05, 3.63) is 16.4 Å². The molecule has 0 saturated carbocycles. The molecule has 0 bridgehead atoms. The fraction of sp³-hybridized carbons (Fsp3) is 0.769. The summed E-state index contributed by atoms with van der Waals surface area (Å²) in [7, 11) is 1.72. The monoisotopic (exact) mass is 317 g/mol. The highest BCUT2D eigenvalue weighted by Gasteiger charge is 2.20. The predicted octanol–water partition coefficient (Wildman–Crippen LogP) is 2.78. The number of methoxy groups -OCH3 is 1. The van der Waals surface area contributed by atoms with Gasteiger partial charge >= 0.3 is 0 Å². The van der Waals surface area contributed by atoms with E-state index in [2.05, 4.69) is 51.8 Å². The van der Waals surface area contributed by atoms with Crippen molar-refractivity contribution < 1.29 is 4.74 Å². The Morgan fingerprint density at radius 2 is 2.22 bits per heavy atom. The van der Waals surface area contributed by atoms with Gasteiger partial charge in [0.2, 0.25) is 0 Å². The molecule has 0 amide bonds. The maximum atomic E-state index is 5.06. The fourth-order valence-electron chi connectivity index (χ4n) is 2.02. The maximum Gasteiger partial charge on any atom is 0.0635 e. The highest BCUT2D eigenvalue weighted by molar-refractivity contribution is 9.10. The number of halogens is 1. The van der Waals surface area contributed by atoms with Gasteiger partial charge in [0, 0.05) is 32.2 Å². The van der Waals surface area contributed by atoms with Crippen LogP contribution in [0.25, 0.3) is 0 Å². The maximum absolute atomic E-state index is 5.06. The van der Waals surface area contributed by atoms with Crippen LogP contribution >= 0.6 is 15.9 Å². The van der Waals surface area contributed by atoms with Gasteiger partial charge in [-0.05, 0) is 29.3 Å². The van der Waals surface area contributed by atoms with Crippen LogP contribution in [0.15, 0.2) is 10.7 Å². The number of rotatable bonds is 8. The average molecular weight is 318 g/mol. The van der Waals surface area contributed by atoms with Crippen LogP contribution < -0.4 is 5.32 Å². The van der Waals surface area contributed by atoms with Crippen molar-refractivity contribution >= 4 is 15.9 Å². The minimum atomic E-state index is 0.392. The Hall–Kier alpha value is -0.390. The average Bonchev–Trinajstić information content (AvgIpc) is 2.70. The van der Waals surface area contributed by atoms with E-state index in [0.29, 0.717) is 12.0 Å². The Morgan fingerprint density at radius 1 is 1.50 bits per heavy atom. The summed E-state index contributed by atoms with van der Waals surface area (Å²) in [6, 6.07) is 0.392. The molecule has 0 aliphatic rings. The van der Waals surface area contributed by atoms with Crippen LogP contribution in [0.3, 0.4) is 0 Å². The van der Waals surface area contributed by atoms with Gasteiger partial charge in [-0.1, -0.05) is 13.8 Å². The van der Waals surface area contributed by atoms with Gasteiger partial charge in [-0.25, -0.2) is 0 Å². The summed E-state index contributed by atoms with van der Waals surface area (Å²) in [6.07, 6.45) is 2.99. The van der Waals surface area contributed by atoms with E-state index in [9.17, 15) is 0 Å². The van der Waals surface area contributed by atoms with Gasteiger partial charge in [-0.15, -0.1) is 0 Å². The van der Waals surface area contributed by atoms with Crippen LogP contribution in [0, 0.1) is 0 Å². The highest BCUT2D eigenvalue weighted by atomic mass is 79.9. The molecule has 4 nitrogen and oxygen atoms in total. The van der Waals surface area contributed by atoms with Crippen LogP contribution in [0.1, 0.15) is 38.8 Å². The zero-order chi connectivity index (χ0) is 13.5. The van der Waals surface area contributed by atoms with E-state index in [1.54, 1.807) is 7.11 Å². The second-order valence-corrected chi connectivity index (χ2v) is 5.48. The molecule has 18 heavy (non-hydrogen) atoms.